The van der Waals surface area contributed by atoms with Crippen molar-refractivity contribution in [3.63, 3.8) is 0 Å². The molecule has 28 heavy (non-hydrogen) atoms. The number of anilines is 1. The number of H-pyrrole nitrogens is 1. The number of amides is 2. The summed E-state index contributed by atoms with van der Waals surface area (Å²) in [5.41, 5.74) is 1.56. The van der Waals surface area contributed by atoms with E-state index >= 15 is 0 Å². The quantitative estimate of drug-likeness (QED) is 0.542. The van der Waals surface area contributed by atoms with Crippen molar-refractivity contribution in [3.8, 4) is 11.5 Å². The maximum Gasteiger partial charge on any atom is 0.261 e. The molecule has 0 saturated heterocycles. The van der Waals surface area contributed by atoms with Crippen molar-refractivity contribution in [2.75, 3.05) is 11.9 Å². The molecule has 0 spiro atoms. The Morgan fingerprint density at radius 2 is 2.00 bits per heavy atom. The summed E-state index contributed by atoms with van der Waals surface area (Å²) in [7, 11) is 0. The SMILES string of the molecule is Cc1ccc(Br)cc1NC(=O)CCNC(=O)c1ccc(-c2ccco2)[nH]c1=O. The molecule has 3 rings (SSSR count). The van der Waals surface area contributed by atoms with E-state index in [4.69, 9.17) is 4.42 Å². The number of aromatic amines is 1. The molecule has 3 aromatic rings. The van der Waals surface area contributed by atoms with Gasteiger partial charge in [-0.05, 0) is 48.9 Å². The number of pyridine rings is 1. The maximum absolute atomic E-state index is 12.2. The predicted molar refractivity (Wildman–Crippen MR) is 109 cm³/mol. The van der Waals surface area contributed by atoms with Gasteiger partial charge in [-0.25, -0.2) is 0 Å². The molecule has 0 atom stereocenters. The number of nitrogens with one attached hydrogen (secondary N) is 3. The first-order chi connectivity index (χ1) is 13.4. The zero-order chi connectivity index (χ0) is 20.1. The third-order valence-corrected chi connectivity index (χ3v) is 4.55. The van der Waals surface area contributed by atoms with Crippen molar-refractivity contribution in [3.05, 3.63) is 74.7 Å². The van der Waals surface area contributed by atoms with Crippen LogP contribution in [0.5, 0.6) is 0 Å². The molecule has 1 aromatic carbocycles. The Kier molecular flexibility index (Phi) is 6.10. The van der Waals surface area contributed by atoms with Crippen molar-refractivity contribution in [1.82, 2.24) is 10.3 Å². The monoisotopic (exact) mass is 443 g/mol. The molecule has 3 N–H and O–H groups in total. The molecular weight excluding hydrogens is 426 g/mol. The number of rotatable bonds is 6. The van der Waals surface area contributed by atoms with Crippen LogP contribution in [0.3, 0.4) is 0 Å². The summed E-state index contributed by atoms with van der Waals surface area (Å²) in [5.74, 6) is -0.272. The Balaban J connectivity index is 1.55. The molecule has 0 saturated carbocycles. The van der Waals surface area contributed by atoms with Crippen LogP contribution in [-0.2, 0) is 4.79 Å². The van der Waals surface area contributed by atoms with E-state index in [1.54, 1.807) is 18.2 Å². The highest BCUT2D eigenvalue weighted by Crippen LogP contribution is 2.20. The number of aryl methyl sites for hydroxylation is 1. The topological polar surface area (TPSA) is 104 Å². The third-order valence-electron chi connectivity index (χ3n) is 4.05. The fraction of sp³-hybridized carbons (Fsp3) is 0.150. The van der Waals surface area contributed by atoms with Gasteiger partial charge in [0.25, 0.3) is 11.5 Å². The van der Waals surface area contributed by atoms with Gasteiger partial charge >= 0.3 is 0 Å². The molecule has 0 fully saturated rings. The van der Waals surface area contributed by atoms with E-state index in [1.807, 2.05) is 25.1 Å². The van der Waals surface area contributed by atoms with Gasteiger partial charge in [-0.3, -0.25) is 14.4 Å². The van der Waals surface area contributed by atoms with E-state index in [9.17, 15) is 14.4 Å². The van der Waals surface area contributed by atoms with E-state index in [-0.39, 0.29) is 24.4 Å². The zero-order valence-electron chi connectivity index (χ0n) is 15.0. The van der Waals surface area contributed by atoms with Crippen LogP contribution in [-0.4, -0.2) is 23.3 Å². The number of carbonyl (C=O) groups is 2. The molecule has 0 radical (unpaired) electrons. The van der Waals surface area contributed by atoms with Crippen molar-refractivity contribution < 1.29 is 14.0 Å². The van der Waals surface area contributed by atoms with Crippen LogP contribution in [0.25, 0.3) is 11.5 Å². The Labute approximate surface area is 169 Å². The van der Waals surface area contributed by atoms with Gasteiger partial charge in [0.15, 0.2) is 0 Å². The van der Waals surface area contributed by atoms with Gasteiger partial charge in [-0.2, -0.15) is 0 Å². The van der Waals surface area contributed by atoms with Gasteiger partial charge in [0.2, 0.25) is 5.91 Å². The molecule has 8 heteroatoms. The first kappa shape index (κ1) is 19.6. The minimum absolute atomic E-state index is 0.0291. The highest BCUT2D eigenvalue weighted by atomic mass is 79.9. The van der Waals surface area contributed by atoms with E-state index < -0.39 is 11.5 Å². The zero-order valence-corrected chi connectivity index (χ0v) is 16.6. The van der Waals surface area contributed by atoms with E-state index in [1.165, 1.54) is 12.3 Å². The number of hydrogen-bond donors (Lipinski definition) is 3. The summed E-state index contributed by atoms with van der Waals surface area (Å²) >= 11 is 3.36. The van der Waals surface area contributed by atoms with Crippen molar-refractivity contribution >= 4 is 33.4 Å². The minimum Gasteiger partial charge on any atom is -0.463 e. The molecule has 0 aliphatic heterocycles. The minimum atomic E-state index is -0.543. The number of furan rings is 1. The molecule has 7 nitrogen and oxygen atoms in total. The number of hydrogen-bond acceptors (Lipinski definition) is 4. The van der Waals surface area contributed by atoms with Crippen LogP contribution in [0.2, 0.25) is 0 Å². The summed E-state index contributed by atoms with van der Waals surface area (Å²) in [6.07, 6.45) is 1.58. The van der Waals surface area contributed by atoms with Crippen molar-refractivity contribution in [1.29, 1.82) is 0 Å². The summed E-state index contributed by atoms with van der Waals surface area (Å²) in [6.45, 7) is 2.00. The van der Waals surface area contributed by atoms with Crippen LogP contribution in [0.4, 0.5) is 5.69 Å². The van der Waals surface area contributed by atoms with Gasteiger partial charge in [0.05, 0.1) is 12.0 Å². The molecule has 2 aromatic heterocycles. The van der Waals surface area contributed by atoms with Gasteiger partial charge in [-0.1, -0.05) is 22.0 Å². The fourth-order valence-corrected chi connectivity index (χ4v) is 2.92. The summed E-state index contributed by atoms with van der Waals surface area (Å²) in [6, 6.07) is 12.0. The van der Waals surface area contributed by atoms with Crippen molar-refractivity contribution in [2.24, 2.45) is 0 Å². The first-order valence-corrected chi connectivity index (χ1v) is 9.35. The molecule has 0 aliphatic carbocycles. The second kappa shape index (κ2) is 8.71. The number of benzene rings is 1. The number of halogens is 1. The largest absolute Gasteiger partial charge is 0.463 e. The Bertz CT molecular complexity index is 1060. The van der Waals surface area contributed by atoms with Crippen LogP contribution >= 0.6 is 15.9 Å². The Hall–Kier alpha value is -3.13. The van der Waals surface area contributed by atoms with Crippen LogP contribution in [0.15, 0.2) is 62.4 Å². The van der Waals surface area contributed by atoms with Crippen LogP contribution in [0, 0.1) is 6.92 Å². The maximum atomic E-state index is 12.2. The van der Waals surface area contributed by atoms with E-state index in [0.717, 1.165) is 10.0 Å². The molecule has 0 bridgehead atoms. The summed E-state index contributed by atoms with van der Waals surface area (Å²) < 4.78 is 6.07. The van der Waals surface area contributed by atoms with Crippen molar-refractivity contribution in [2.45, 2.75) is 13.3 Å². The highest BCUT2D eigenvalue weighted by molar-refractivity contribution is 9.10. The van der Waals surface area contributed by atoms with Gasteiger partial charge < -0.3 is 20.0 Å². The number of carbonyl (C=O) groups excluding carboxylic acids is 2. The lowest BCUT2D eigenvalue weighted by Crippen LogP contribution is -2.32. The lowest BCUT2D eigenvalue weighted by Gasteiger charge is -2.09. The second-order valence-electron chi connectivity index (χ2n) is 6.11. The van der Waals surface area contributed by atoms with Gasteiger partial charge in [0.1, 0.15) is 11.3 Å². The smallest absolute Gasteiger partial charge is 0.261 e. The molecule has 0 unspecified atom stereocenters. The third kappa shape index (κ3) is 4.77. The normalized spacial score (nSPS) is 10.5. The van der Waals surface area contributed by atoms with Crippen LogP contribution in [0.1, 0.15) is 22.3 Å². The Morgan fingerprint density at radius 1 is 1.18 bits per heavy atom. The average Bonchev–Trinajstić information content (AvgIpc) is 3.19. The van der Waals surface area contributed by atoms with Crippen LogP contribution < -0.4 is 16.2 Å². The standard InChI is InChI=1S/C20H18BrN3O4/c1-12-4-5-13(21)11-16(12)23-18(25)8-9-22-19(26)14-6-7-15(24-20(14)27)17-3-2-10-28-17/h2-7,10-11H,8-9H2,1H3,(H,22,26)(H,23,25)(H,24,27). The summed E-state index contributed by atoms with van der Waals surface area (Å²) in [5, 5.41) is 5.38. The molecule has 144 valence electrons. The highest BCUT2D eigenvalue weighted by Gasteiger charge is 2.13. The molecule has 0 aliphatic rings. The molecule has 2 heterocycles. The lowest BCUT2D eigenvalue weighted by molar-refractivity contribution is -0.116. The second-order valence-corrected chi connectivity index (χ2v) is 7.02. The van der Waals surface area contributed by atoms with Gasteiger partial charge in [0, 0.05) is 23.1 Å². The fourth-order valence-electron chi connectivity index (χ4n) is 2.55. The predicted octanol–water partition coefficient (Wildman–Crippen LogP) is 3.46. The average molecular weight is 444 g/mol. The van der Waals surface area contributed by atoms with E-state index in [2.05, 4.69) is 31.5 Å². The van der Waals surface area contributed by atoms with E-state index in [0.29, 0.717) is 17.1 Å². The first-order valence-electron chi connectivity index (χ1n) is 8.55. The molecular formula is C20H18BrN3O4. The summed E-state index contributed by atoms with van der Waals surface area (Å²) in [4.78, 5) is 39.0. The lowest BCUT2D eigenvalue weighted by atomic mass is 10.2. The number of aromatic nitrogens is 1. The van der Waals surface area contributed by atoms with Gasteiger partial charge in [-0.15, -0.1) is 0 Å². The molecule has 2 amide bonds. The Morgan fingerprint density at radius 3 is 2.71 bits per heavy atom.